The van der Waals surface area contributed by atoms with Gasteiger partial charge in [0.1, 0.15) is 0 Å². The minimum atomic E-state index is -4.24. The van der Waals surface area contributed by atoms with Gasteiger partial charge in [0.25, 0.3) is 0 Å². The van der Waals surface area contributed by atoms with Gasteiger partial charge in [-0.15, -0.1) is 0 Å². The van der Waals surface area contributed by atoms with Crippen molar-refractivity contribution in [1.29, 1.82) is 0 Å². The molecule has 0 saturated carbocycles. The van der Waals surface area contributed by atoms with Gasteiger partial charge in [0.05, 0.1) is 5.56 Å². The molecule has 0 aliphatic rings. The SMILES string of the molecule is Cc1cc(C)c(C(F)(F)F)cc1I. The summed E-state index contributed by atoms with van der Waals surface area (Å²) >= 11 is 1.91. The fraction of sp³-hybridized carbons (Fsp3) is 0.333. The quantitative estimate of drug-likeness (QED) is 0.637. The Hall–Kier alpha value is -0.260. The summed E-state index contributed by atoms with van der Waals surface area (Å²) in [6.45, 7) is 3.28. The molecule has 0 bridgehead atoms. The topological polar surface area (TPSA) is 0 Å². The highest BCUT2D eigenvalue weighted by molar-refractivity contribution is 14.1. The number of alkyl halides is 3. The van der Waals surface area contributed by atoms with Gasteiger partial charge in [-0.3, -0.25) is 0 Å². The van der Waals surface area contributed by atoms with Crippen LogP contribution >= 0.6 is 22.6 Å². The lowest BCUT2D eigenvalue weighted by atomic mass is 10.1. The van der Waals surface area contributed by atoms with Gasteiger partial charge >= 0.3 is 6.18 Å². The molecule has 4 heteroatoms. The normalized spacial score (nSPS) is 11.8. The van der Waals surface area contributed by atoms with Crippen molar-refractivity contribution in [1.82, 2.24) is 0 Å². The van der Waals surface area contributed by atoms with Crippen LogP contribution < -0.4 is 0 Å². The summed E-state index contributed by atoms with van der Waals surface area (Å²) in [5.74, 6) is 0. The van der Waals surface area contributed by atoms with Crippen molar-refractivity contribution in [2.24, 2.45) is 0 Å². The van der Waals surface area contributed by atoms with Crippen molar-refractivity contribution in [3.63, 3.8) is 0 Å². The van der Waals surface area contributed by atoms with Gasteiger partial charge in [0.15, 0.2) is 0 Å². The Morgan fingerprint density at radius 3 is 2.08 bits per heavy atom. The first-order valence-corrected chi connectivity index (χ1v) is 4.74. The van der Waals surface area contributed by atoms with Crippen LogP contribution in [0.25, 0.3) is 0 Å². The molecule has 0 heterocycles. The Labute approximate surface area is 88.3 Å². The van der Waals surface area contributed by atoms with Crippen molar-refractivity contribution >= 4 is 22.6 Å². The second-order valence-corrected chi connectivity index (χ2v) is 4.08. The fourth-order valence-corrected chi connectivity index (χ4v) is 1.60. The standard InChI is InChI=1S/C9H8F3I/c1-5-3-6(2)8(13)4-7(5)9(10,11)12/h3-4H,1-2H3. The second-order valence-electron chi connectivity index (χ2n) is 2.91. The maximum atomic E-state index is 12.4. The maximum Gasteiger partial charge on any atom is 0.416 e. The van der Waals surface area contributed by atoms with E-state index in [9.17, 15) is 13.2 Å². The number of aryl methyl sites for hydroxylation is 2. The van der Waals surface area contributed by atoms with Crippen LogP contribution in [0.3, 0.4) is 0 Å². The van der Waals surface area contributed by atoms with Gasteiger partial charge in [-0.1, -0.05) is 6.07 Å². The molecule has 0 radical (unpaired) electrons. The van der Waals surface area contributed by atoms with E-state index in [0.717, 1.165) is 5.56 Å². The molecule has 0 fully saturated rings. The number of hydrogen-bond donors (Lipinski definition) is 0. The van der Waals surface area contributed by atoms with Gasteiger partial charge in [-0.25, -0.2) is 0 Å². The molecule has 0 aromatic heterocycles. The van der Waals surface area contributed by atoms with Gasteiger partial charge in [-0.2, -0.15) is 13.2 Å². The predicted octanol–water partition coefficient (Wildman–Crippen LogP) is 3.93. The van der Waals surface area contributed by atoms with E-state index in [-0.39, 0.29) is 5.56 Å². The van der Waals surface area contributed by atoms with Crippen LogP contribution in [-0.2, 0) is 6.18 Å². The number of rotatable bonds is 0. The molecule has 1 aromatic carbocycles. The highest BCUT2D eigenvalue weighted by atomic mass is 127. The highest BCUT2D eigenvalue weighted by Gasteiger charge is 2.32. The summed E-state index contributed by atoms with van der Waals surface area (Å²) in [6, 6.07) is 2.75. The molecule has 1 aromatic rings. The van der Waals surface area contributed by atoms with E-state index >= 15 is 0 Å². The third kappa shape index (κ3) is 2.36. The minimum absolute atomic E-state index is 0.283. The molecule has 0 aliphatic heterocycles. The Morgan fingerprint density at radius 2 is 1.62 bits per heavy atom. The van der Waals surface area contributed by atoms with E-state index in [4.69, 9.17) is 0 Å². The van der Waals surface area contributed by atoms with E-state index in [2.05, 4.69) is 0 Å². The summed E-state index contributed by atoms with van der Waals surface area (Å²) in [5.41, 5.74) is 0.624. The van der Waals surface area contributed by atoms with E-state index < -0.39 is 11.7 Å². The van der Waals surface area contributed by atoms with Gasteiger partial charge in [-0.05, 0) is 53.6 Å². The van der Waals surface area contributed by atoms with Crippen molar-refractivity contribution in [3.8, 4) is 0 Å². The molecule has 1 rings (SSSR count). The van der Waals surface area contributed by atoms with E-state index in [1.165, 1.54) is 13.0 Å². The Morgan fingerprint density at radius 1 is 1.08 bits per heavy atom. The van der Waals surface area contributed by atoms with Gasteiger partial charge in [0.2, 0.25) is 0 Å². The molecular formula is C9H8F3I. The van der Waals surface area contributed by atoms with Crippen LogP contribution in [0.1, 0.15) is 16.7 Å². The Kier molecular flexibility index (Phi) is 2.89. The third-order valence-corrected chi connectivity index (χ3v) is 2.97. The Balaban J connectivity index is 3.32. The summed E-state index contributed by atoms with van der Waals surface area (Å²) < 4.78 is 37.7. The summed E-state index contributed by atoms with van der Waals surface area (Å²) in [5, 5.41) is 0. The number of benzene rings is 1. The minimum Gasteiger partial charge on any atom is -0.166 e. The smallest absolute Gasteiger partial charge is 0.166 e. The van der Waals surface area contributed by atoms with Crippen molar-refractivity contribution in [2.75, 3.05) is 0 Å². The average molecular weight is 300 g/mol. The molecule has 0 unspecified atom stereocenters. The summed E-state index contributed by atoms with van der Waals surface area (Å²) in [4.78, 5) is 0. The third-order valence-electron chi connectivity index (χ3n) is 1.81. The zero-order valence-electron chi connectivity index (χ0n) is 7.17. The molecule has 0 amide bonds. The highest BCUT2D eigenvalue weighted by Crippen LogP contribution is 2.33. The average Bonchev–Trinajstić information content (AvgIpc) is 1.94. The largest absolute Gasteiger partial charge is 0.416 e. The monoisotopic (exact) mass is 300 g/mol. The lowest BCUT2D eigenvalue weighted by Gasteiger charge is -2.11. The number of halogens is 4. The first-order chi connectivity index (χ1) is 5.82. The predicted molar refractivity (Wildman–Crippen MR) is 53.6 cm³/mol. The molecule has 72 valence electrons. The van der Waals surface area contributed by atoms with E-state index in [1.54, 1.807) is 13.0 Å². The van der Waals surface area contributed by atoms with Crippen LogP contribution in [-0.4, -0.2) is 0 Å². The van der Waals surface area contributed by atoms with Crippen LogP contribution in [0, 0.1) is 17.4 Å². The van der Waals surface area contributed by atoms with Crippen LogP contribution in [0.15, 0.2) is 12.1 Å². The lowest BCUT2D eigenvalue weighted by molar-refractivity contribution is -0.138. The second kappa shape index (κ2) is 3.48. The Bertz CT molecular complexity index is 328. The first kappa shape index (κ1) is 10.8. The van der Waals surface area contributed by atoms with Gasteiger partial charge < -0.3 is 0 Å². The molecule has 0 N–H and O–H groups in total. The van der Waals surface area contributed by atoms with Crippen LogP contribution in [0.4, 0.5) is 13.2 Å². The van der Waals surface area contributed by atoms with Crippen molar-refractivity contribution in [2.45, 2.75) is 20.0 Å². The van der Waals surface area contributed by atoms with Crippen LogP contribution in [0.5, 0.6) is 0 Å². The van der Waals surface area contributed by atoms with E-state index in [1.807, 2.05) is 22.6 Å². The van der Waals surface area contributed by atoms with Gasteiger partial charge in [0, 0.05) is 3.57 Å². The van der Waals surface area contributed by atoms with E-state index in [0.29, 0.717) is 3.57 Å². The zero-order chi connectivity index (χ0) is 10.2. The molecule has 0 saturated heterocycles. The molecular weight excluding hydrogens is 292 g/mol. The molecule has 13 heavy (non-hydrogen) atoms. The molecule has 0 nitrogen and oxygen atoms in total. The van der Waals surface area contributed by atoms with Crippen LogP contribution in [0.2, 0.25) is 0 Å². The summed E-state index contributed by atoms with van der Waals surface area (Å²) in [6.07, 6.45) is -4.24. The summed E-state index contributed by atoms with van der Waals surface area (Å²) in [7, 11) is 0. The van der Waals surface area contributed by atoms with Crippen molar-refractivity contribution in [3.05, 3.63) is 32.4 Å². The molecule has 0 atom stereocenters. The maximum absolute atomic E-state index is 12.4. The fourth-order valence-electron chi connectivity index (χ4n) is 1.13. The van der Waals surface area contributed by atoms with Crippen molar-refractivity contribution < 1.29 is 13.2 Å². The number of hydrogen-bond acceptors (Lipinski definition) is 0. The zero-order valence-corrected chi connectivity index (χ0v) is 9.32. The first-order valence-electron chi connectivity index (χ1n) is 3.66. The molecule has 0 aliphatic carbocycles. The lowest BCUT2D eigenvalue weighted by Crippen LogP contribution is -2.08. The molecule has 0 spiro atoms.